The van der Waals surface area contributed by atoms with Crippen LogP contribution in [0.3, 0.4) is 0 Å². The minimum absolute atomic E-state index is 0.00495. The highest BCUT2D eigenvalue weighted by Gasteiger charge is 2.32. The van der Waals surface area contributed by atoms with Gasteiger partial charge in [-0.25, -0.2) is 8.42 Å². The van der Waals surface area contributed by atoms with E-state index in [1.54, 1.807) is 18.3 Å². The van der Waals surface area contributed by atoms with Crippen LogP contribution in [-0.2, 0) is 9.84 Å². The average molecular weight is 438 g/mol. The van der Waals surface area contributed by atoms with Gasteiger partial charge in [-0.3, -0.25) is 4.79 Å². The summed E-state index contributed by atoms with van der Waals surface area (Å²) in [7, 11) is -3.13. The summed E-state index contributed by atoms with van der Waals surface area (Å²) in [5.41, 5.74) is 7.74. The van der Waals surface area contributed by atoms with Crippen LogP contribution >= 0.6 is 0 Å². The molecule has 10 heteroatoms. The highest BCUT2D eigenvalue weighted by atomic mass is 32.2. The summed E-state index contributed by atoms with van der Waals surface area (Å²) in [4.78, 5) is 15.0. The number of ether oxygens (including phenoxy) is 1. The number of primary amides is 1. The summed E-state index contributed by atoms with van der Waals surface area (Å²) < 4.78 is 65.5. The molecule has 1 aromatic heterocycles. The molecule has 0 bridgehead atoms. The summed E-state index contributed by atoms with van der Waals surface area (Å²) >= 11 is 0. The number of hydrogen-bond donors (Lipinski definition) is 2. The van der Waals surface area contributed by atoms with E-state index >= 15 is 0 Å². The Hall–Kier alpha value is -3.01. The molecule has 2 heterocycles. The van der Waals surface area contributed by atoms with Crippen LogP contribution in [0.4, 0.5) is 13.2 Å². The highest BCUT2D eigenvalue weighted by molar-refractivity contribution is 7.91. The molecule has 6 nitrogen and oxygen atoms in total. The van der Waals surface area contributed by atoms with Crippen LogP contribution in [0.1, 0.15) is 28.3 Å². The monoisotopic (exact) mass is 438 g/mol. The van der Waals surface area contributed by atoms with Gasteiger partial charge in [0.25, 0.3) is 5.91 Å². The van der Waals surface area contributed by atoms with Crippen LogP contribution in [0.2, 0.25) is 0 Å². The van der Waals surface area contributed by atoms with E-state index < -0.39 is 27.9 Å². The Labute approximate surface area is 169 Å². The third kappa shape index (κ3) is 4.00. The molecular formula is C20H17F3N2O4S. The van der Waals surface area contributed by atoms with Gasteiger partial charge in [0.2, 0.25) is 0 Å². The number of nitrogens with one attached hydrogen (secondary N) is 1. The Morgan fingerprint density at radius 2 is 1.93 bits per heavy atom. The maximum Gasteiger partial charge on any atom is 0.573 e. The van der Waals surface area contributed by atoms with Crippen molar-refractivity contribution in [1.82, 2.24) is 4.98 Å². The van der Waals surface area contributed by atoms with Gasteiger partial charge in [-0.2, -0.15) is 0 Å². The number of sulfone groups is 1. The summed E-state index contributed by atoms with van der Waals surface area (Å²) in [5.74, 6) is -1.25. The fourth-order valence-corrected chi connectivity index (χ4v) is 5.63. The summed E-state index contributed by atoms with van der Waals surface area (Å²) in [6, 6.07) is 8.59. The number of carbonyl (C=O) groups excluding carboxylic acids is 1. The van der Waals surface area contributed by atoms with Crippen LogP contribution < -0.4 is 10.5 Å². The van der Waals surface area contributed by atoms with Crippen molar-refractivity contribution in [2.24, 2.45) is 5.73 Å². The minimum Gasteiger partial charge on any atom is -0.406 e. The average Bonchev–Trinajstić information content (AvgIpc) is 3.22. The summed E-state index contributed by atoms with van der Waals surface area (Å²) in [6.07, 6.45) is -2.71. The number of benzene rings is 2. The lowest BCUT2D eigenvalue weighted by molar-refractivity contribution is -0.274. The van der Waals surface area contributed by atoms with Crippen LogP contribution in [-0.4, -0.2) is 37.2 Å². The molecule has 0 spiro atoms. The molecule has 1 aliphatic rings. The fraction of sp³-hybridized carbons (Fsp3) is 0.250. The zero-order valence-electron chi connectivity index (χ0n) is 15.5. The van der Waals surface area contributed by atoms with Crippen molar-refractivity contribution in [2.75, 3.05) is 11.5 Å². The number of nitrogens with two attached hydrogens (primary N) is 1. The third-order valence-corrected chi connectivity index (χ3v) is 6.93. The molecule has 0 saturated carbocycles. The molecule has 0 aliphatic carbocycles. The van der Waals surface area contributed by atoms with Gasteiger partial charge in [-0.05, 0) is 47.4 Å². The fourth-order valence-electron chi connectivity index (χ4n) is 3.86. The third-order valence-electron chi connectivity index (χ3n) is 5.16. The quantitative estimate of drug-likeness (QED) is 0.648. The number of H-pyrrole nitrogens is 1. The first-order valence-electron chi connectivity index (χ1n) is 9.04. The van der Waals surface area contributed by atoms with Gasteiger partial charge in [0.1, 0.15) is 5.75 Å². The predicted molar refractivity (Wildman–Crippen MR) is 105 cm³/mol. The van der Waals surface area contributed by atoms with E-state index in [-0.39, 0.29) is 23.0 Å². The van der Waals surface area contributed by atoms with Gasteiger partial charge >= 0.3 is 6.36 Å². The molecule has 4 rings (SSSR count). The SMILES string of the molecule is NC(=O)c1cc(-c2cccc(OC(F)(F)F)c2)cc2c(C3CCS(=O)(=O)C3)c[nH]c12. The van der Waals surface area contributed by atoms with E-state index in [0.29, 0.717) is 28.5 Å². The first-order valence-corrected chi connectivity index (χ1v) is 10.9. The van der Waals surface area contributed by atoms with Gasteiger partial charge < -0.3 is 15.5 Å². The largest absolute Gasteiger partial charge is 0.573 e. The number of rotatable bonds is 4. The second-order valence-corrected chi connectivity index (χ2v) is 9.46. The lowest BCUT2D eigenvalue weighted by atomic mass is 9.94. The number of alkyl halides is 3. The van der Waals surface area contributed by atoms with Crippen molar-refractivity contribution in [3.63, 3.8) is 0 Å². The standard InChI is InChI=1S/C20H17F3N2O4S/c21-20(22,23)29-14-3-1-2-11(6-14)13-7-15-17(12-4-5-30(27,28)10-12)9-25-18(15)16(8-13)19(24)26/h1-3,6-9,12,25H,4-5,10H2,(H2,24,26). The number of hydrogen-bond acceptors (Lipinski definition) is 4. The smallest absolute Gasteiger partial charge is 0.406 e. The van der Waals surface area contributed by atoms with Gasteiger partial charge in [-0.1, -0.05) is 12.1 Å². The maximum absolute atomic E-state index is 12.6. The lowest BCUT2D eigenvalue weighted by Gasteiger charge is -2.12. The van der Waals surface area contributed by atoms with Crippen molar-refractivity contribution < 1.29 is 31.1 Å². The Kier molecular flexibility index (Phi) is 4.76. The molecule has 0 radical (unpaired) electrons. The molecular weight excluding hydrogens is 421 g/mol. The van der Waals surface area contributed by atoms with Crippen LogP contribution in [0.25, 0.3) is 22.0 Å². The van der Waals surface area contributed by atoms with Gasteiger partial charge in [0.05, 0.1) is 22.6 Å². The number of aromatic amines is 1. The molecule has 1 fully saturated rings. The van der Waals surface area contributed by atoms with Gasteiger partial charge in [0, 0.05) is 17.5 Å². The molecule has 158 valence electrons. The van der Waals surface area contributed by atoms with Crippen molar-refractivity contribution in [3.8, 4) is 16.9 Å². The maximum atomic E-state index is 12.6. The number of carbonyl (C=O) groups is 1. The molecule has 1 aliphatic heterocycles. The van der Waals surface area contributed by atoms with E-state index in [9.17, 15) is 26.4 Å². The van der Waals surface area contributed by atoms with Crippen LogP contribution in [0.5, 0.6) is 5.75 Å². The van der Waals surface area contributed by atoms with E-state index in [4.69, 9.17) is 5.73 Å². The Bertz CT molecular complexity index is 1250. The number of halogens is 3. The minimum atomic E-state index is -4.83. The van der Waals surface area contributed by atoms with Crippen molar-refractivity contribution in [2.45, 2.75) is 18.7 Å². The lowest BCUT2D eigenvalue weighted by Crippen LogP contribution is -2.17. The second-order valence-electron chi connectivity index (χ2n) is 7.23. The number of aromatic nitrogens is 1. The molecule has 3 aromatic rings. The van der Waals surface area contributed by atoms with Crippen molar-refractivity contribution in [3.05, 3.63) is 53.7 Å². The van der Waals surface area contributed by atoms with E-state index in [1.165, 1.54) is 24.3 Å². The Morgan fingerprint density at radius 1 is 1.17 bits per heavy atom. The molecule has 1 atom stereocenters. The van der Waals surface area contributed by atoms with E-state index in [2.05, 4.69) is 9.72 Å². The normalized spacial score (nSPS) is 18.6. The van der Waals surface area contributed by atoms with Gasteiger partial charge in [0.15, 0.2) is 9.84 Å². The second kappa shape index (κ2) is 7.05. The first kappa shape index (κ1) is 20.3. The Balaban J connectivity index is 1.84. The molecule has 2 aromatic carbocycles. The summed E-state index contributed by atoms with van der Waals surface area (Å²) in [5, 5.41) is 0.616. The van der Waals surface area contributed by atoms with E-state index in [0.717, 1.165) is 5.56 Å². The van der Waals surface area contributed by atoms with Crippen LogP contribution in [0, 0.1) is 0 Å². The van der Waals surface area contributed by atoms with Crippen molar-refractivity contribution >= 4 is 26.6 Å². The van der Waals surface area contributed by atoms with Crippen molar-refractivity contribution in [1.29, 1.82) is 0 Å². The van der Waals surface area contributed by atoms with Gasteiger partial charge in [-0.15, -0.1) is 13.2 Å². The predicted octanol–water partition coefficient (Wildman–Crippen LogP) is 3.73. The Morgan fingerprint density at radius 3 is 2.57 bits per heavy atom. The molecule has 1 saturated heterocycles. The van der Waals surface area contributed by atoms with E-state index in [1.807, 2.05) is 0 Å². The highest BCUT2D eigenvalue weighted by Crippen LogP contribution is 2.37. The zero-order valence-corrected chi connectivity index (χ0v) is 16.3. The zero-order chi connectivity index (χ0) is 21.7. The summed E-state index contributed by atoms with van der Waals surface area (Å²) in [6.45, 7) is 0. The topological polar surface area (TPSA) is 102 Å². The van der Waals surface area contributed by atoms with Crippen LogP contribution in [0.15, 0.2) is 42.6 Å². The molecule has 1 amide bonds. The molecule has 3 N–H and O–H groups in total. The number of fused-ring (bicyclic) bond motifs is 1. The molecule has 1 unspecified atom stereocenters. The first-order chi connectivity index (χ1) is 14.0. The molecule has 30 heavy (non-hydrogen) atoms. The number of amides is 1.